The highest BCUT2D eigenvalue weighted by atomic mass is 16.3. The average molecular weight is 192 g/mol. The van der Waals surface area contributed by atoms with Crippen LogP contribution in [0.5, 0.6) is 0 Å². The SMILES string of the molecule is CCC(Cc1ccccc1)[C@@H](C)CO. The maximum atomic E-state index is 9.11. The van der Waals surface area contributed by atoms with Crippen molar-refractivity contribution in [2.24, 2.45) is 11.8 Å². The van der Waals surface area contributed by atoms with Crippen LogP contribution in [0.25, 0.3) is 0 Å². The van der Waals surface area contributed by atoms with Crippen molar-refractivity contribution >= 4 is 0 Å². The molecule has 0 heterocycles. The molecule has 0 saturated carbocycles. The molecule has 1 N–H and O–H groups in total. The van der Waals surface area contributed by atoms with Gasteiger partial charge in [0.1, 0.15) is 0 Å². The van der Waals surface area contributed by atoms with Crippen LogP contribution in [0, 0.1) is 11.8 Å². The van der Waals surface area contributed by atoms with E-state index in [1.807, 2.05) is 6.07 Å². The predicted octanol–water partition coefficient (Wildman–Crippen LogP) is 2.88. The van der Waals surface area contributed by atoms with Gasteiger partial charge in [0.2, 0.25) is 0 Å². The molecular weight excluding hydrogens is 172 g/mol. The zero-order valence-corrected chi connectivity index (χ0v) is 9.11. The Balaban J connectivity index is 2.57. The number of benzene rings is 1. The van der Waals surface area contributed by atoms with E-state index in [9.17, 15) is 0 Å². The van der Waals surface area contributed by atoms with Crippen LogP contribution in [-0.2, 0) is 6.42 Å². The minimum absolute atomic E-state index is 0.297. The summed E-state index contributed by atoms with van der Waals surface area (Å²) in [6, 6.07) is 10.5. The van der Waals surface area contributed by atoms with Crippen LogP contribution in [-0.4, -0.2) is 11.7 Å². The van der Waals surface area contributed by atoms with Gasteiger partial charge in [-0.1, -0.05) is 50.6 Å². The van der Waals surface area contributed by atoms with Crippen LogP contribution in [0.15, 0.2) is 30.3 Å². The van der Waals surface area contributed by atoms with Crippen LogP contribution in [0.1, 0.15) is 25.8 Å². The largest absolute Gasteiger partial charge is 0.396 e. The van der Waals surface area contributed by atoms with Crippen LogP contribution >= 0.6 is 0 Å². The summed E-state index contributed by atoms with van der Waals surface area (Å²) in [5.41, 5.74) is 1.37. The molecule has 1 rings (SSSR count). The van der Waals surface area contributed by atoms with Crippen LogP contribution in [0.3, 0.4) is 0 Å². The first-order valence-electron chi connectivity index (χ1n) is 5.42. The van der Waals surface area contributed by atoms with Crippen molar-refractivity contribution in [2.75, 3.05) is 6.61 Å². The molecule has 2 atom stereocenters. The van der Waals surface area contributed by atoms with Crippen molar-refractivity contribution in [3.63, 3.8) is 0 Å². The van der Waals surface area contributed by atoms with Gasteiger partial charge in [0.05, 0.1) is 0 Å². The van der Waals surface area contributed by atoms with Gasteiger partial charge in [0.15, 0.2) is 0 Å². The smallest absolute Gasteiger partial charge is 0.0459 e. The van der Waals surface area contributed by atoms with Gasteiger partial charge in [-0.2, -0.15) is 0 Å². The Morgan fingerprint density at radius 3 is 2.36 bits per heavy atom. The zero-order valence-electron chi connectivity index (χ0n) is 9.11. The van der Waals surface area contributed by atoms with Crippen molar-refractivity contribution < 1.29 is 5.11 Å². The third kappa shape index (κ3) is 3.15. The summed E-state index contributed by atoms with van der Waals surface area (Å²) < 4.78 is 0. The van der Waals surface area contributed by atoms with E-state index in [0.29, 0.717) is 18.4 Å². The van der Waals surface area contributed by atoms with Gasteiger partial charge in [-0.15, -0.1) is 0 Å². The van der Waals surface area contributed by atoms with Gasteiger partial charge in [-0.05, 0) is 23.8 Å². The van der Waals surface area contributed by atoms with Gasteiger partial charge < -0.3 is 5.11 Å². The molecule has 0 bridgehead atoms. The molecule has 1 nitrogen and oxygen atoms in total. The summed E-state index contributed by atoms with van der Waals surface area (Å²) in [7, 11) is 0. The first kappa shape index (κ1) is 11.3. The molecule has 0 aliphatic carbocycles. The molecule has 14 heavy (non-hydrogen) atoms. The van der Waals surface area contributed by atoms with E-state index in [4.69, 9.17) is 5.11 Å². The molecule has 0 radical (unpaired) electrons. The lowest BCUT2D eigenvalue weighted by Gasteiger charge is -2.20. The van der Waals surface area contributed by atoms with E-state index in [1.165, 1.54) is 5.56 Å². The monoisotopic (exact) mass is 192 g/mol. The highest BCUT2D eigenvalue weighted by Gasteiger charge is 2.14. The van der Waals surface area contributed by atoms with Crippen molar-refractivity contribution in [3.05, 3.63) is 35.9 Å². The molecule has 0 aromatic heterocycles. The average Bonchev–Trinajstić information content (AvgIpc) is 2.26. The lowest BCUT2D eigenvalue weighted by molar-refractivity contribution is 0.184. The lowest BCUT2D eigenvalue weighted by atomic mass is 9.86. The van der Waals surface area contributed by atoms with Crippen LogP contribution in [0.2, 0.25) is 0 Å². The minimum Gasteiger partial charge on any atom is -0.396 e. The minimum atomic E-state index is 0.297. The van der Waals surface area contributed by atoms with E-state index in [2.05, 4.69) is 38.1 Å². The van der Waals surface area contributed by atoms with E-state index >= 15 is 0 Å². The standard InChI is InChI=1S/C13H20O/c1-3-13(11(2)10-14)9-12-7-5-4-6-8-12/h4-8,11,13-14H,3,9-10H2,1-2H3/t11-,13?/m0/s1. The summed E-state index contributed by atoms with van der Waals surface area (Å²) in [4.78, 5) is 0. The molecule has 0 aliphatic heterocycles. The Labute approximate surface area is 86.8 Å². The third-order valence-corrected chi connectivity index (χ3v) is 2.96. The second kappa shape index (κ2) is 5.82. The van der Waals surface area contributed by atoms with Gasteiger partial charge in [-0.3, -0.25) is 0 Å². The summed E-state index contributed by atoms with van der Waals surface area (Å²) in [6.07, 6.45) is 2.22. The van der Waals surface area contributed by atoms with E-state index in [0.717, 1.165) is 12.8 Å². The molecule has 0 spiro atoms. The number of aliphatic hydroxyl groups excluding tert-OH is 1. The van der Waals surface area contributed by atoms with Crippen LogP contribution in [0.4, 0.5) is 0 Å². The van der Waals surface area contributed by atoms with Gasteiger partial charge >= 0.3 is 0 Å². The van der Waals surface area contributed by atoms with Gasteiger partial charge in [-0.25, -0.2) is 0 Å². The topological polar surface area (TPSA) is 20.2 Å². The van der Waals surface area contributed by atoms with Crippen molar-refractivity contribution in [1.82, 2.24) is 0 Å². The summed E-state index contributed by atoms with van der Waals surface area (Å²) in [5.74, 6) is 1.00. The van der Waals surface area contributed by atoms with Gasteiger partial charge in [0, 0.05) is 6.61 Å². The number of aliphatic hydroxyl groups is 1. The third-order valence-electron chi connectivity index (χ3n) is 2.96. The van der Waals surface area contributed by atoms with E-state index in [-0.39, 0.29) is 0 Å². The Morgan fingerprint density at radius 1 is 1.21 bits per heavy atom. The fraction of sp³-hybridized carbons (Fsp3) is 0.538. The summed E-state index contributed by atoms with van der Waals surface area (Å²) >= 11 is 0. The first-order valence-corrected chi connectivity index (χ1v) is 5.42. The van der Waals surface area contributed by atoms with Gasteiger partial charge in [0.25, 0.3) is 0 Å². The lowest BCUT2D eigenvalue weighted by Crippen LogP contribution is -2.17. The van der Waals surface area contributed by atoms with Crippen molar-refractivity contribution in [1.29, 1.82) is 0 Å². The number of hydrogen-bond acceptors (Lipinski definition) is 1. The predicted molar refractivity (Wildman–Crippen MR) is 60.2 cm³/mol. The molecule has 1 aromatic rings. The van der Waals surface area contributed by atoms with Crippen LogP contribution < -0.4 is 0 Å². The van der Waals surface area contributed by atoms with Crippen molar-refractivity contribution in [2.45, 2.75) is 26.7 Å². The highest BCUT2D eigenvalue weighted by molar-refractivity contribution is 5.15. The Morgan fingerprint density at radius 2 is 1.86 bits per heavy atom. The van der Waals surface area contributed by atoms with E-state index in [1.54, 1.807) is 0 Å². The zero-order chi connectivity index (χ0) is 10.4. The Hall–Kier alpha value is -0.820. The molecular formula is C13H20O. The molecule has 78 valence electrons. The fourth-order valence-electron chi connectivity index (χ4n) is 1.81. The molecule has 0 fully saturated rings. The Bertz CT molecular complexity index is 243. The quantitative estimate of drug-likeness (QED) is 0.760. The fourth-order valence-corrected chi connectivity index (χ4v) is 1.81. The number of hydrogen-bond donors (Lipinski definition) is 1. The first-order chi connectivity index (χ1) is 6.77. The summed E-state index contributed by atoms with van der Waals surface area (Å²) in [6.45, 7) is 4.61. The van der Waals surface area contributed by atoms with Crippen molar-refractivity contribution in [3.8, 4) is 0 Å². The summed E-state index contributed by atoms with van der Waals surface area (Å²) in [5, 5.41) is 9.11. The second-order valence-electron chi connectivity index (χ2n) is 4.02. The maximum absolute atomic E-state index is 9.11. The second-order valence-corrected chi connectivity index (χ2v) is 4.02. The molecule has 0 amide bonds. The number of rotatable bonds is 5. The normalized spacial score (nSPS) is 15.1. The molecule has 1 aromatic carbocycles. The molecule has 0 saturated heterocycles. The highest BCUT2D eigenvalue weighted by Crippen LogP contribution is 2.20. The van der Waals surface area contributed by atoms with E-state index < -0.39 is 0 Å². The molecule has 1 unspecified atom stereocenters. The molecule has 1 heteroatoms. The maximum Gasteiger partial charge on any atom is 0.0459 e. The Kier molecular flexibility index (Phi) is 4.68. The molecule has 0 aliphatic rings.